The Morgan fingerprint density at radius 1 is 1.21 bits per heavy atom. The quantitative estimate of drug-likeness (QED) is 0.676. The van der Waals surface area contributed by atoms with Crippen LogP contribution in [0.2, 0.25) is 0 Å². The molecule has 0 spiro atoms. The monoisotopic (exact) mass is 413 g/mol. The van der Waals surface area contributed by atoms with Crippen molar-refractivity contribution in [1.82, 2.24) is 4.90 Å². The van der Waals surface area contributed by atoms with Crippen molar-refractivity contribution in [2.45, 2.75) is 32.4 Å². The molecule has 0 bridgehead atoms. The zero-order valence-electron chi connectivity index (χ0n) is 17.8. The first-order valence-electron chi connectivity index (χ1n) is 10.0. The van der Waals surface area contributed by atoms with E-state index in [-0.39, 0.29) is 6.10 Å². The number of hydrogen-bond donors (Lipinski definition) is 1. The Balaban J connectivity index is 1.77. The Bertz CT molecular complexity index is 817. The van der Waals surface area contributed by atoms with Gasteiger partial charge in [0.1, 0.15) is 5.75 Å². The van der Waals surface area contributed by atoms with Crippen LogP contribution in [0, 0.1) is 6.92 Å². The Morgan fingerprint density at radius 3 is 2.59 bits per heavy atom. The molecule has 1 aliphatic heterocycles. The average molecular weight is 414 g/mol. The largest absolute Gasteiger partial charge is 0.495 e. The third kappa shape index (κ3) is 5.84. The number of benzene rings is 2. The molecule has 0 radical (unpaired) electrons. The second kappa shape index (κ2) is 9.94. The topological polar surface area (TPSA) is 37.0 Å². The van der Waals surface area contributed by atoms with Crippen molar-refractivity contribution in [3.05, 3.63) is 53.6 Å². The van der Waals surface area contributed by atoms with E-state index in [0.29, 0.717) is 5.11 Å². The molecule has 0 aliphatic carbocycles. The fourth-order valence-electron chi connectivity index (χ4n) is 3.49. The minimum absolute atomic E-state index is 0.218. The molecule has 1 unspecified atom stereocenters. The lowest BCUT2D eigenvalue weighted by Crippen LogP contribution is -2.39. The summed E-state index contributed by atoms with van der Waals surface area (Å²) in [5.74, 6) is 0.783. The Hall–Kier alpha value is -2.31. The van der Waals surface area contributed by atoms with Gasteiger partial charge < -0.3 is 24.6 Å². The lowest BCUT2D eigenvalue weighted by atomic mass is 10.1. The molecule has 5 nitrogen and oxygen atoms in total. The molecule has 6 heteroatoms. The summed E-state index contributed by atoms with van der Waals surface area (Å²) < 4.78 is 11.4. The van der Waals surface area contributed by atoms with E-state index in [1.807, 2.05) is 26.2 Å². The minimum atomic E-state index is 0.218. The van der Waals surface area contributed by atoms with Crippen LogP contribution in [-0.4, -0.2) is 50.5 Å². The number of anilines is 2. The van der Waals surface area contributed by atoms with E-state index in [1.165, 1.54) is 11.3 Å². The molecule has 0 amide bonds. The van der Waals surface area contributed by atoms with Crippen LogP contribution in [0.1, 0.15) is 24.0 Å². The molecule has 156 valence electrons. The molecule has 0 saturated carbocycles. The normalized spacial score (nSPS) is 15.8. The van der Waals surface area contributed by atoms with Gasteiger partial charge in [-0.15, -0.1) is 0 Å². The maximum atomic E-state index is 5.88. The van der Waals surface area contributed by atoms with Crippen molar-refractivity contribution in [2.24, 2.45) is 0 Å². The Morgan fingerprint density at radius 2 is 1.97 bits per heavy atom. The lowest BCUT2D eigenvalue weighted by molar-refractivity contribution is 0.0905. The molecule has 2 aromatic carbocycles. The van der Waals surface area contributed by atoms with Gasteiger partial charge in [0.05, 0.1) is 18.9 Å². The molecule has 2 aromatic rings. The van der Waals surface area contributed by atoms with Crippen molar-refractivity contribution in [2.75, 3.05) is 44.6 Å². The van der Waals surface area contributed by atoms with Gasteiger partial charge in [-0.05, 0) is 67.4 Å². The molecule has 3 rings (SSSR count). The zero-order chi connectivity index (χ0) is 20.8. The molecule has 1 heterocycles. The van der Waals surface area contributed by atoms with Gasteiger partial charge in [-0.25, -0.2) is 0 Å². The number of hydrogen-bond acceptors (Lipinski definition) is 4. The number of ether oxygens (including phenoxy) is 2. The van der Waals surface area contributed by atoms with Crippen LogP contribution in [0.4, 0.5) is 11.4 Å². The minimum Gasteiger partial charge on any atom is -0.495 e. The number of nitrogens with zero attached hydrogens (tertiary/aromatic N) is 2. The van der Waals surface area contributed by atoms with Crippen molar-refractivity contribution in [1.29, 1.82) is 0 Å². The van der Waals surface area contributed by atoms with E-state index in [0.717, 1.165) is 49.5 Å². The molecular formula is C23H31N3O2S. The highest BCUT2D eigenvalue weighted by molar-refractivity contribution is 7.80. The van der Waals surface area contributed by atoms with Gasteiger partial charge in [0, 0.05) is 39.5 Å². The summed E-state index contributed by atoms with van der Waals surface area (Å²) in [6.45, 7) is 4.40. The fourth-order valence-corrected chi connectivity index (χ4v) is 3.74. The Kier molecular flexibility index (Phi) is 7.34. The summed E-state index contributed by atoms with van der Waals surface area (Å²) in [6.07, 6.45) is 2.41. The zero-order valence-corrected chi connectivity index (χ0v) is 18.6. The second-order valence-corrected chi connectivity index (χ2v) is 8.10. The van der Waals surface area contributed by atoms with Crippen LogP contribution in [-0.2, 0) is 11.3 Å². The molecular weight excluding hydrogens is 382 g/mol. The fraction of sp³-hybridized carbons (Fsp3) is 0.435. The van der Waals surface area contributed by atoms with Gasteiger partial charge in [0.25, 0.3) is 0 Å². The van der Waals surface area contributed by atoms with Crippen LogP contribution < -0.4 is 15.0 Å². The number of rotatable bonds is 7. The maximum absolute atomic E-state index is 5.88. The third-order valence-corrected chi connectivity index (χ3v) is 5.52. The van der Waals surface area contributed by atoms with Crippen molar-refractivity contribution in [3.63, 3.8) is 0 Å². The number of aryl methyl sites for hydroxylation is 1. The number of thiocarbonyl (C=S) groups is 1. The van der Waals surface area contributed by atoms with Crippen LogP contribution in [0.15, 0.2) is 42.5 Å². The molecule has 1 atom stereocenters. The van der Waals surface area contributed by atoms with E-state index < -0.39 is 0 Å². The first-order valence-corrected chi connectivity index (χ1v) is 10.5. The van der Waals surface area contributed by atoms with Crippen molar-refractivity contribution < 1.29 is 9.47 Å². The third-order valence-electron chi connectivity index (χ3n) is 5.16. The summed E-state index contributed by atoms with van der Waals surface area (Å²) in [7, 11) is 5.77. The highest BCUT2D eigenvalue weighted by Gasteiger charge is 2.22. The van der Waals surface area contributed by atoms with Crippen LogP contribution >= 0.6 is 12.2 Å². The first-order chi connectivity index (χ1) is 14.0. The molecule has 1 saturated heterocycles. The van der Waals surface area contributed by atoms with Crippen molar-refractivity contribution in [3.8, 4) is 5.75 Å². The predicted octanol–water partition coefficient (Wildman–Crippen LogP) is 4.45. The van der Waals surface area contributed by atoms with E-state index >= 15 is 0 Å². The molecule has 0 aromatic heterocycles. The second-order valence-electron chi connectivity index (χ2n) is 7.71. The lowest BCUT2D eigenvalue weighted by Gasteiger charge is -2.29. The van der Waals surface area contributed by atoms with Gasteiger partial charge >= 0.3 is 0 Å². The van der Waals surface area contributed by atoms with Crippen molar-refractivity contribution >= 4 is 28.7 Å². The van der Waals surface area contributed by atoms with Gasteiger partial charge in [0.15, 0.2) is 5.11 Å². The number of methoxy groups -OCH3 is 1. The first kappa shape index (κ1) is 21.4. The summed E-state index contributed by atoms with van der Waals surface area (Å²) >= 11 is 5.80. The molecule has 1 aliphatic rings. The van der Waals surface area contributed by atoms with Gasteiger partial charge in [-0.2, -0.15) is 0 Å². The van der Waals surface area contributed by atoms with E-state index in [1.54, 1.807) is 7.11 Å². The average Bonchev–Trinajstić information content (AvgIpc) is 3.21. The number of nitrogens with one attached hydrogen (secondary N) is 1. The summed E-state index contributed by atoms with van der Waals surface area (Å²) in [5, 5.41) is 4.08. The van der Waals surface area contributed by atoms with Gasteiger partial charge in [0.2, 0.25) is 0 Å². The summed E-state index contributed by atoms with van der Waals surface area (Å²) in [5.41, 5.74) is 4.44. The molecule has 29 heavy (non-hydrogen) atoms. The molecule has 1 fully saturated rings. The van der Waals surface area contributed by atoms with Crippen LogP contribution in [0.3, 0.4) is 0 Å². The maximum Gasteiger partial charge on any atom is 0.173 e. The van der Waals surface area contributed by atoms with E-state index in [2.05, 4.69) is 52.4 Å². The van der Waals surface area contributed by atoms with E-state index in [9.17, 15) is 0 Å². The van der Waals surface area contributed by atoms with Crippen LogP contribution in [0.25, 0.3) is 0 Å². The smallest absolute Gasteiger partial charge is 0.173 e. The molecule has 1 N–H and O–H groups in total. The van der Waals surface area contributed by atoms with Gasteiger partial charge in [-0.3, -0.25) is 0 Å². The predicted molar refractivity (Wildman–Crippen MR) is 124 cm³/mol. The van der Waals surface area contributed by atoms with Crippen LogP contribution in [0.5, 0.6) is 5.75 Å². The standard InChI is InChI=1S/C23H31N3O2S/c1-17-7-12-22(27-4)21(14-17)24-23(29)26(16-20-6-5-13-28-20)15-18-8-10-19(11-9-18)25(2)3/h7-12,14,20H,5-6,13,15-16H2,1-4H3,(H,24,29). The summed E-state index contributed by atoms with van der Waals surface area (Å²) in [6, 6.07) is 14.6. The Labute approximate surface area is 179 Å². The van der Waals surface area contributed by atoms with Gasteiger partial charge in [-0.1, -0.05) is 18.2 Å². The highest BCUT2D eigenvalue weighted by Crippen LogP contribution is 2.26. The highest BCUT2D eigenvalue weighted by atomic mass is 32.1. The van der Waals surface area contributed by atoms with E-state index in [4.69, 9.17) is 21.7 Å². The summed E-state index contributed by atoms with van der Waals surface area (Å²) in [4.78, 5) is 4.29. The SMILES string of the molecule is COc1ccc(C)cc1NC(=S)N(Cc1ccc(N(C)C)cc1)CC1CCCO1.